The molecule has 0 radical (unpaired) electrons. The Hall–Kier alpha value is -3.15. The number of likely N-dealkylation sites (tertiary alicyclic amines) is 1. The maximum absolute atomic E-state index is 12.9. The van der Waals surface area contributed by atoms with Crippen molar-refractivity contribution in [3.05, 3.63) is 70.8 Å². The van der Waals surface area contributed by atoms with Crippen LogP contribution in [0.4, 0.5) is 0 Å². The van der Waals surface area contributed by atoms with Crippen molar-refractivity contribution < 1.29 is 14.4 Å². The summed E-state index contributed by atoms with van der Waals surface area (Å²) in [6, 6.07) is 14.3. The molecule has 0 spiro atoms. The lowest BCUT2D eigenvalue weighted by Crippen LogP contribution is -2.54. The van der Waals surface area contributed by atoms with Crippen molar-refractivity contribution in [2.75, 3.05) is 19.6 Å². The van der Waals surface area contributed by atoms with Gasteiger partial charge in [-0.3, -0.25) is 14.4 Å². The van der Waals surface area contributed by atoms with Crippen LogP contribution in [-0.4, -0.2) is 48.3 Å². The minimum Gasteiger partial charge on any atom is -0.354 e. The monoisotopic (exact) mass is 435 g/mol. The van der Waals surface area contributed by atoms with Crippen LogP contribution in [0, 0.1) is 19.8 Å². The van der Waals surface area contributed by atoms with E-state index in [4.69, 9.17) is 0 Å². The molecule has 1 aliphatic heterocycles. The molecule has 2 aromatic rings. The third-order valence-corrected chi connectivity index (χ3v) is 6.07. The van der Waals surface area contributed by atoms with Gasteiger partial charge in [-0.2, -0.15) is 0 Å². The van der Waals surface area contributed by atoms with E-state index in [-0.39, 0.29) is 23.6 Å². The average molecular weight is 436 g/mol. The maximum Gasteiger partial charge on any atom is 0.254 e. The van der Waals surface area contributed by atoms with Gasteiger partial charge in [0.1, 0.15) is 6.04 Å². The van der Waals surface area contributed by atoms with Gasteiger partial charge in [0.2, 0.25) is 5.91 Å². The van der Waals surface area contributed by atoms with E-state index < -0.39 is 6.04 Å². The largest absolute Gasteiger partial charge is 0.354 e. The van der Waals surface area contributed by atoms with E-state index in [1.54, 1.807) is 6.07 Å². The van der Waals surface area contributed by atoms with E-state index in [2.05, 4.69) is 10.6 Å². The third-order valence-electron chi connectivity index (χ3n) is 6.07. The Morgan fingerprint density at radius 3 is 2.41 bits per heavy atom. The summed E-state index contributed by atoms with van der Waals surface area (Å²) < 4.78 is 0. The van der Waals surface area contributed by atoms with Gasteiger partial charge in [-0.05, 0) is 62.8 Å². The first kappa shape index (κ1) is 23.5. The topological polar surface area (TPSA) is 78.5 Å². The molecule has 32 heavy (non-hydrogen) atoms. The number of amides is 3. The van der Waals surface area contributed by atoms with Crippen molar-refractivity contribution >= 4 is 17.7 Å². The number of benzene rings is 2. The first-order valence-electron chi connectivity index (χ1n) is 11.4. The first-order chi connectivity index (χ1) is 15.4. The van der Waals surface area contributed by atoms with Crippen LogP contribution in [0.5, 0.6) is 0 Å². The molecular formula is C26H33N3O3. The summed E-state index contributed by atoms with van der Waals surface area (Å²) >= 11 is 0. The molecule has 0 aromatic heterocycles. The minimum atomic E-state index is -0.620. The molecule has 0 aliphatic carbocycles. The van der Waals surface area contributed by atoms with E-state index in [1.807, 2.05) is 68.1 Å². The zero-order chi connectivity index (χ0) is 23.1. The van der Waals surface area contributed by atoms with Crippen molar-refractivity contribution in [2.45, 2.75) is 46.1 Å². The van der Waals surface area contributed by atoms with Crippen LogP contribution in [0.25, 0.3) is 0 Å². The Labute approximate surface area is 190 Å². The molecule has 0 bridgehead atoms. The molecule has 1 heterocycles. The van der Waals surface area contributed by atoms with E-state index in [9.17, 15) is 14.4 Å². The summed E-state index contributed by atoms with van der Waals surface area (Å²) in [5, 5.41) is 5.90. The van der Waals surface area contributed by atoms with Crippen LogP contribution in [0.2, 0.25) is 0 Å². The zero-order valence-electron chi connectivity index (χ0n) is 19.2. The van der Waals surface area contributed by atoms with E-state index >= 15 is 0 Å². The van der Waals surface area contributed by atoms with Crippen LogP contribution in [0.3, 0.4) is 0 Å². The Bertz CT molecular complexity index is 964. The van der Waals surface area contributed by atoms with Crippen molar-refractivity contribution in [1.82, 2.24) is 15.5 Å². The van der Waals surface area contributed by atoms with Crippen LogP contribution in [0.1, 0.15) is 58.0 Å². The van der Waals surface area contributed by atoms with E-state index in [1.165, 1.54) is 0 Å². The lowest BCUT2D eigenvalue weighted by atomic mass is 9.88. The smallest absolute Gasteiger partial charge is 0.254 e. The lowest BCUT2D eigenvalue weighted by Gasteiger charge is -2.36. The van der Waals surface area contributed by atoms with Gasteiger partial charge in [0, 0.05) is 30.8 Å². The summed E-state index contributed by atoms with van der Waals surface area (Å²) in [6.07, 6.45) is 2.15. The summed E-state index contributed by atoms with van der Waals surface area (Å²) in [6.45, 7) is 7.57. The highest BCUT2D eigenvalue weighted by Crippen LogP contribution is 2.24. The van der Waals surface area contributed by atoms with Crippen molar-refractivity contribution in [2.24, 2.45) is 5.92 Å². The molecule has 1 atom stereocenters. The Balaban J connectivity index is 1.69. The first-order valence-corrected chi connectivity index (χ1v) is 11.4. The van der Waals surface area contributed by atoms with E-state index in [0.717, 1.165) is 23.1 Å². The van der Waals surface area contributed by atoms with Crippen LogP contribution >= 0.6 is 0 Å². The fourth-order valence-electron chi connectivity index (χ4n) is 4.19. The molecule has 2 aromatic carbocycles. The van der Waals surface area contributed by atoms with Gasteiger partial charge in [0.15, 0.2) is 0 Å². The number of aryl methyl sites for hydroxylation is 2. The number of carbonyl (C=O) groups excluding carboxylic acids is 3. The second-order valence-electron chi connectivity index (χ2n) is 8.56. The standard InChI is InChI=1S/C26H33N3O3/c1-4-14-27-25(31)23(28-24(30)21-10-7-8-18(2)17-21)20-12-15-29(16-13-20)26(32)22-11-6-5-9-19(22)3/h5-11,17,20,23H,4,12-16H2,1-3H3,(H,27,31)(H,28,30)/t23-/m0/s1. The van der Waals surface area contributed by atoms with Gasteiger partial charge in [-0.15, -0.1) is 0 Å². The summed E-state index contributed by atoms with van der Waals surface area (Å²) in [5.41, 5.74) is 3.22. The highest BCUT2D eigenvalue weighted by Gasteiger charge is 2.34. The highest BCUT2D eigenvalue weighted by atomic mass is 16.2. The van der Waals surface area contributed by atoms with Gasteiger partial charge < -0.3 is 15.5 Å². The second-order valence-corrected chi connectivity index (χ2v) is 8.56. The van der Waals surface area contributed by atoms with Crippen molar-refractivity contribution in [1.29, 1.82) is 0 Å². The van der Waals surface area contributed by atoms with Crippen LogP contribution < -0.4 is 10.6 Å². The second kappa shape index (κ2) is 10.9. The number of nitrogens with zero attached hydrogens (tertiary/aromatic N) is 1. The predicted octanol–water partition coefficient (Wildman–Crippen LogP) is 3.48. The predicted molar refractivity (Wildman–Crippen MR) is 126 cm³/mol. The Morgan fingerprint density at radius 1 is 1.03 bits per heavy atom. The Kier molecular flexibility index (Phi) is 8.03. The molecule has 0 unspecified atom stereocenters. The Morgan fingerprint density at radius 2 is 1.75 bits per heavy atom. The summed E-state index contributed by atoms with van der Waals surface area (Å²) in [7, 11) is 0. The van der Waals surface area contributed by atoms with Crippen LogP contribution in [0.15, 0.2) is 48.5 Å². The molecule has 2 N–H and O–H groups in total. The fraction of sp³-hybridized carbons (Fsp3) is 0.423. The third kappa shape index (κ3) is 5.75. The van der Waals surface area contributed by atoms with Crippen molar-refractivity contribution in [3.63, 3.8) is 0 Å². The molecule has 1 fully saturated rings. The molecule has 3 rings (SSSR count). The molecule has 1 aliphatic rings. The lowest BCUT2D eigenvalue weighted by molar-refractivity contribution is -0.124. The average Bonchev–Trinajstić information content (AvgIpc) is 2.81. The molecule has 6 heteroatoms. The van der Waals surface area contributed by atoms with Crippen molar-refractivity contribution in [3.8, 4) is 0 Å². The van der Waals surface area contributed by atoms with Gasteiger partial charge in [-0.25, -0.2) is 0 Å². The van der Waals surface area contributed by atoms with Gasteiger partial charge in [0.25, 0.3) is 11.8 Å². The zero-order valence-corrected chi connectivity index (χ0v) is 19.2. The number of nitrogens with one attached hydrogen (secondary N) is 2. The fourth-order valence-corrected chi connectivity index (χ4v) is 4.19. The maximum atomic E-state index is 12.9. The number of hydrogen-bond donors (Lipinski definition) is 2. The molecular weight excluding hydrogens is 402 g/mol. The van der Waals surface area contributed by atoms with Gasteiger partial charge in [0.05, 0.1) is 0 Å². The minimum absolute atomic E-state index is 0.0253. The molecule has 0 saturated carbocycles. The van der Waals surface area contributed by atoms with Gasteiger partial charge >= 0.3 is 0 Å². The summed E-state index contributed by atoms with van der Waals surface area (Å²) in [5.74, 6) is -0.404. The highest BCUT2D eigenvalue weighted by molar-refractivity contribution is 5.98. The van der Waals surface area contributed by atoms with Crippen LogP contribution in [-0.2, 0) is 4.79 Å². The summed E-state index contributed by atoms with van der Waals surface area (Å²) in [4.78, 5) is 40.6. The number of piperidine rings is 1. The van der Waals surface area contributed by atoms with Gasteiger partial charge in [-0.1, -0.05) is 42.8 Å². The number of carbonyl (C=O) groups is 3. The molecule has 170 valence electrons. The number of hydrogen-bond acceptors (Lipinski definition) is 3. The normalized spacial score (nSPS) is 15.2. The molecule has 3 amide bonds. The molecule has 1 saturated heterocycles. The molecule has 6 nitrogen and oxygen atoms in total. The van der Waals surface area contributed by atoms with E-state index in [0.29, 0.717) is 38.0 Å². The quantitative estimate of drug-likeness (QED) is 0.699. The number of rotatable bonds is 7. The SMILES string of the molecule is CCCNC(=O)[C@@H](NC(=O)c1cccc(C)c1)C1CCN(C(=O)c2ccccc2C)CC1.